The monoisotopic (exact) mass is 260 g/mol. The molecule has 3 nitrogen and oxygen atoms in total. The average Bonchev–Trinajstić information content (AvgIpc) is 2.73. The first-order valence-electron chi connectivity index (χ1n) is 6.98. The zero-order valence-electron chi connectivity index (χ0n) is 12.1. The lowest BCUT2D eigenvalue weighted by Gasteiger charge is -2.21. The SMILES string of the molecule is CCC(CO)CN(C)Cc1cn(C)c2ccccc12. The van der Waals surface area contributed by atoms with Gasteiger partial charge >= 0.3 is 0 Å². The summed E-state index contributed by atoms with van der Waals surface area (Å²) in [4.78, 5) is 2.30. The molecule has 1 aromatic carbocycles. The Morgan fingerprint density at radius 1 is 1.32 bits per heavy atom. The molecule has 0 fully saturated rings. The fourth-order valence-electron chi connectivity index (χ4n) is 2.66. The molecule has 0 aliphatic rings. The minimum atomic E-state index is 0.274. The molecule has 0 amide bonds. The normalized spacial score (nSPS) is 13.3. The summed E-state index contributed by atoms with van der Waals surface area (Å²) in [6, 6.07) is 8.51. The van der Waals surface area contributed by atoms with E-state index in [1.807, 2.05) is 0 Å². The summed E-state index contributed by atoms with van der Waals surface area (Å²) in [5.74, 6) is 0.375. The van der Waals surface area contributed by atoms with Crippen molar-refractivity contribution in [2.24, 2.45) is 13.0 Å². The van der Waals surface area contributed by atoms with E-state index in [2.05, 4.69) is 60.9 Å². The molecule has 1 N–H and O–H groups in total. The summed E-state index contributed by atoms with van der Waals surface area (Å²) in [6.45, 7) is 4.27. The van der Waals surface area contributed by atoms with Gasteiger partial charge in [0.2, 0.25) is 0 Å². The van der Waals surface area contributed by atoms with Gasteiger partial charge in [0.25, 0.3) is 0 Å². The second-order valence-electron chi connectivity index (χ2n) is 5.44. The zero-order valence-corrected chi connectivity index (χ0v) is 12.1. The number of nitrogens with zero attached hydrogens (tertiary/aromatic N) is 2. The number of aliphatic hydroxyl groups is 1. The molecule has 0 aliphatic heterocycles. The van der Waals surface area contributed by atoms with Crippen molar-refractivity contribution in [3.8, 4) is 0 Å². The molecule has 0 saturated heterocycles. The zero-order chi connectivity index (χ0) is 13.8. The van der Waals surface area contributed by atoms with Crippen LogP contribution in [0.15, 0.2) is 30.5 Å². The quantitative estimate of drug-likeness (QED) is 0.865. The van der Waals surface area contributed by atoms with Gasteiger partial charge in [0.05, 0.1) is 0 Å². The molecule has 0 saturated carbocycles. The molecule has 19 heavy (non-hydrogen) atoms. The second-order valence-corrected chi connectivity index (χ2v) is 5.44. The first kappa shape index (κ1) is 14.1. The number of aromatic nitrogens is 1. The molecule has 3 heteroatoms. The number of para-hydroxylation sites is 1. The van der Waals surface area contributed by atoms with Crippen LogP contribution in [0.4, 0.5) is 0 Å². The maximum Gasteiger partial charge on any atom is 0.0481 e. The van der Waals surface area contributed by atoms with Crippen LogP contribution < -0.4 is 0 Å². The molecule has 0 aliphatic carbocycles. The lowest BCUT2D eigenvalue weighted by atomic mass is 10.1. The summed E-state index contributed by atoms with van der Waals surface area (Å²) in [6.07, 6.45) is 3.23. The largest absolute Gasteiger partial charge is 0.396 e. The predicted octanol–water partition coefficient (Wildman–Crippen LogP) is 2.63. The molecular weight excluding hydrogens is 236 g/mol. The fraction of sp³-hybridized carbons (Fsp3) is 0.500. The molecule has 0 spiro atoms. The van der Waals surface area contributed by atoms with E-state index in [4.69, 9.17) is 0 Å². The average molecular weight is 260 g/mol. The molecule has 2 rings (SSSR count). The lowest BCUT2D eigenvalue weighted by Crippen LogP contribution is -2.26. The van der Waals surface area contributed by atoms with Gasteiger partial charge in [0.1, 0.15) is 0 Å². The summed E-state index contributed by atoms with van der Waals surface area (Å²) in [5, 5.41) is 10.6. The number of aliphatic hydroxyl groups excluding tert-OH is 1. The summed E-state index contributed by atoms with van der Waals surface area (Å²) >= 11 is 0. The van der Waals surface area contributed by atoms with Crippen LogP contribution in [0.1, 0.15) is 18.9 Å². The standard InChI is InChI=1S/C16H24N2O/c1-4-13(12-19)9-17(2)10-14-11-18(3)16-8-6-5-7-15(14)16/h5-8,11,13,19H,4,9-10,12H2,1-3H3. The molecule has 1 heterocycles. The van der Waals surface area contributed by atoms with Crippen molar-refractivity contribution < 1.29 is 5.11 Å². The first-order chi connectivity index (χ1) is 9.15. The van der Waals surface area contributed by atoms with E-state index in [9.17, 15) is 5.11 Å². The maximum atomic E-state index is 9.29. The van der Waals surface area contributed by atoms with Gasteiger partial charge in [-0.05, 0) is 31.0 Å². The number of benzene rings is 1. The van der Waals surface area contributed by atoms with Crippen molar-refractivity contribution in [1.29, 1.82) is 0 Å². The highest BCUT2D eigenvalue weighted by Gasteiger charge is 2.12. The summed E-state index contributed by atoms with van der Waals surface area (Å²) in [5.41, 5.74) is 2.63. The number of rotatable bonds is 6. The van der Waals surface area contributed by atoms with Gasteiger partial charge in [-0.25, -0.2) is 0 Å². The van der Waals surface area contributed by atoms with Crippen molar-refractivity contribution in [1.82, 2.24) is 9.47 Å². The van der Waals surface area contributed by atoms with E-state index in [-0.39, 0.29) is 6.61 Å². The van der Waals surface area contributed by atoms with Gasteiger partial charge < -0.3 is 14.6 Å². The minimum absolute atomic E-state index is 0.274. The molecule has 0 radical (unpaired) electrons. The van der Waals surface area contributed by atoms with E-state index in [1.165, 1.54) is 16.5 Å². The third-order valence-electron chi connectivity index (χ3n) is 3.83. The highest BCUT2D eigenvalue weighted by Crippen LogP contribution is 2.21. The number of aryl methyl sites for hydroxylation is 1. The third-order valence-corrected chi connectivity index (χ3v) is 3.83. The Morgan fingerprint density at radius 3 is 2.74 bits per heavy atom. The van der Waals surface area contributed by atoms with E-state index in [0.29, 0.717) is 5.92 Å². The number of hydrogen-bond donors (Lipinski definition) is 1. The molecule has 104 valence electrons. The molecule has 2 aromatic rings. The topological polar surface area (TPSA) is 28.4 Å². The molecule has 1 unspecified atom stereocenters. The van der Waals surface area contributed by atoms with Gasteiger partial charge in [-0.15, -0.1) is 0 Å². The van der Waals surface area contributed by atoms with Gasteiger partial charge in [0, 0.05) is 43.8 Å². The van der Waals surface area contributed by atoms with Gasteiger partial charge in [0.15, 0.2) is 0 Å². The van der Waals surface area contributed by atoms with Gasteiger partial charge in [-0.1, -0.05) is 25.1 Å². The smallest absolute Gasteiger partial charge is 0.0481 e. The Balaban J connectivity index is 2.13. The van der Waals surface area contributed by atoms with E-state index in [0.717, 1.165) is 19.5 Å². The van der Waals surface area contributed by atoms with Crippen LogP contribution in [-0.4, -0.2) is 34.8 Å². The predicted molar refractivity (Wildman–Crippen MR) is 80.1 cm³/mol. The Labute approximate surface area is 115 Å². The third kappa shape index (κ3) is 3.17. The highest BCUT2D eigenvalue weighted by atomic mass is 16.3. The lowest BCUT2D eigenvalue weighted by molar-refractivity contribution is 0.173. The molecule has 1 aromatic heterocycles. The Kier molecular flexibility index (Phi) is 4.61. The number of hydrogen-bond acceptors (Lipinski definition) is 2. The van der Waals surface area contributed by atoms with Crippen LogP contribution in [0, 0.1) is 5.92 Å². The number of fused-ring (bicyclic) bond motifs is 1. The van der Waals surface area contributed by atoms with Crippen molar-refractivity contribution in [3.63, 3.8) is 0 Å². The van der Waals surface area contributed by atoms with Crippen molar-refractivity contribution in [2.45, 2.75) is 19.9 Å². The molecule has 1 atom stereocenters. The summed E-state index contributed by atoms with van der Waals surface area (Å²) in [7, 11) is 4.22. The molecule has 0 bridgehead atoms. The summed E-state index contributed by atoms with van der Waals surface area (Å²) < 4.78 is 2.18. The van der Waals surface area contributed by atoms with E-state index >= 15 is 0 Å². The highest BCUT2D eigenvalue weighted by molar-refractivity contribution is 5.83. The van der Waals surface area contributed by atoms with Gasteiger partial charge in [-0.3, -0.25) is 0 Å². The van der Waals surface area contributed by atoms with Crippen LogP contribution in [0.5, 0.6) is 0 Å². The van der Waals surface area contributed by atoms with E-state index < -0.39 is 0 Å². The first-order valence-corrected chi connectivity index (χ1v) is 6.98. The van der Waals surface area contributed by atoms with Crippen molar-refractivity contribution >= 4 is 10.9 Å². The van der Waals surface area contributed by atoms with Crippen LogP contribution in [0.3, 0.4) is 0 Å². The van der Waals surface area contributed by atoms with Crippen molar-refractivity contribution in [2.75, 3.05) is 20.2 Å². The van der Waals surface area contributed by atoms with Crippen LogP contribution in [-0.2, 0) is 13.6 Å². The van der Waals surface area contributed by atoms with E-state index in [1.54, 1.807) is 0 Å². The van der Waals surface area contributed by atoms with Gasteiger partial charge in [-0.2, -0.15) is 0 Å². The van der Waals surface area contributed by atoms with Crippen LogP contribution in [0.2, 0.25) is 0 Å². The van der Waals surface area contributed by atoms with Crippen LogP contribution in [0.25, 0.3) is 10.9 Å². The Morgan fingerprint density at radius 2 is 2.05 bits per heavy atom. The van der Waals surface area contributed by atoms with Crippen molar-refractivity contribution in [3.05, 3.63) is 36.0 Å². The Bertz CT molecular complexity index is 529. The second kappa shape index (κ2) is 6.22. The fourth-order valence-corrected chi connectivity index (χ4v) is 2.66. The Hall–Kier alpha value is -1.32. The minimum Gasteiger partial charge on any atom is -0.396 e. The van der Waals surface area contributed by atoms with Crippen LogP contribution >= 0.6 is 0 Å². The maximum absolute atomic E-state index is 9.29. The molecular formula is C16H24N2O.